The summed E-state index contributed by atoms with van der Waals surface area (Å²) >= 11 is 5.96. The molecule has 1 aromatic heterocycles. The van der Waals surface area contributed by atoms with Crippen LogP contribution in [-0.2, 0) is 0 Å². The summed E-state index contributed by atoms with van der Waals surface area (Å²) in [4.78, 5) is 41.8. The van der Waals surface area contributed by atoms with E-state index in [9.17, 15) is 24.1 Å². The van der Waals surface area contributed by atoms with Crippen molar-refractivity contribution in [3.8, 4) is 5.88 Å². The van der Waals surface area contributed by atoms with Gasteiger partial charge < -0.3 is 15.0 Å². The van der Waals surface area contributed by atoms with Crippen molar-refractivity contribution in [2.45, 2.75) is 25.7 Å². The van der Waals surface area contributed by atoms with Crippen LogP contribution in [0, 0.1) is 22.9 Å². The van der Waals surface area contributed by atoms with Gasteiger partial charge in [0.1, 0.15) is 11.4 Å². The predicted molar refractivity (Wildman–Crippen MR) is 136 cm³/mol. The van der Waals surface area contributed by atoms with E-state index in [-0.39, 0.29) is 34.2 Å². The fraction of sp³-hybridized carbons (Fsp3) is 0.269. The minimum Gasteiger partial charge on any atom is -0.480 e. The van der Waals surface area contributed by atoms with E-state index in [4.69, 9.17) is 16.3 Å². The number of nitro groups is 1. The van der Waals surface area contributed by atoms with Crippen molar-refractivity contribution in [2.24, 2.45) is 0 Å². The summed E-state index contributed by atoms with van der Waals surface area (Å²) in [6.07, 6.45) is 2.70. The molecule has 2 aromatic carbocycles. The van der Waals surface area contributed by atoms with Gasteiger partial charge in [0.05, 0.1) is 22.6 Å². The standard InChI is InChI=1S/C26H24ClFN4O5/c1-15-22(32(35)36)8-7-21(28)23(15)26(34)31-11-9-17(10-12-31)16-3-5-19(6-4-16)30-24(33)20-13-18(27)14-29-25(20)37-2/h3-8,13-14,17H,9-12H2,1-2H3,(H,30,33). The Hall–Kier alpha value is -4.05. The number of methoxy groups -OCH3 is 1. The lowest BCUT2D eigenvalue weighted by Crippen LogP contribution is -2.38. The molecule has 1 aliphatic rings. The Morgan fingerprint density at radius 2 is 1.86 bits per heavy atom. The number of nitro benzene ring substituents is 1. The number of rotatable bonds is 6. The number of amides is 2. The summed E-state index contributed by atoms with van der Waals surface area (Å²) in [6, 6.07) is 10.9. The molecule has 9 nitrogen and oxygen atoms in total. The molecule has 0 bridgehead atoms. The van der Waals surface area contributed by atoms with Crippen LogP contribution in [0.2, 0.25) is 5.02 Å². The van der Waals surface area contributed by atoms with Gasteiger partial charge >= 0.3 is 0 Å². The first-order valence-electron chi connectivity index (χ1n) is 11.5. The summed E-state index contributed by atoms with van der Waals surface area (Å²) in [7, 11) is 1.42. The Labute approximate surface area is 217 Å². The molecule has 3 aromatic rings. The zero-order valence-electron chi connectivity index (χ0n) is 20.2. The molecule has 2 amide bonds. The van der Waals surface area contributed by atoms with Crippen LogP contribution in [0.1, 0.15) is 50.6 Å². The van der Waals surface area contributed by atoms with E-state index in [1.165, 1.54) is 31.2 Å². The fourth-order valence-corrected chi connectivity index (χ4v) is 4.65. The smallest absolute Gasteiger partial charge is 0.273 e. The number of aromatic nitrogens is 1. The molecule has 2 heterocycles. The molecular formula is C26H24ClFN4O5. The second kappa shape index (κ2) is 10.9. The highest BCUT2D eigenvalue weighted by molar-refractivity contribution is 6.31. The Morgan fingerprint density at radius 1 is 1.19 bits per heavy atom. The van der Waals surface area contributed by atoms with Crippen molar-refractivity contribution in [3.63, 3.8) is 0 Å². The molecule has 0 atom stereocenters. The third-order valence-electron chi connectivity index (χ3n) is 6.47. The van der Waals surface area contributed by atoms with Gasteiger partial charge in [-0.05, 0) is 55.5 Å². The Balaban J connectivity index is 1.40. The first-order chi connectivity index (χ1) is 17.7. The van der Waals surface area contributed by atoms with E-state index >= 15 is 0 Å². The number of ether oxygens (including phenoxy) is 1. The SMILES string of the molecule is COc1ncc(Cl)cc1C(=O)Nc1ccc(C2CCN(C(=O)c3c(F)ccc([N+](=O)[O-])c3C)CC2)cc1. The number of pyridine rings is 1. The number of carbonyl (C=O) groups is 2. The molecule has 192 valence electrons. The second-order valence-corrected chi connectivity index (χ2v) is 9.11. The van der Waals surface area contributed by atoms with Crippen molar-refractivity contribution >= 4 is 34.8 Å². The summed E-state index contributed by atoms with van der Waals surface area (Å²) < 4.78 is 19.6. The predicted octanol–water partition coefficient (Wildman–Crippen LogP) is 5.37. The van der Waals surface area contributed by atoms with Crippen molar-refractivity contribution in [3.05, 3.63) is 91.9 Å². The van der Waals surface area contributed by atoms with Gasteiger partial charge in [0.2, 0.25) is 5.88 Å². The van der Waals surface area contributed by atoms with E-state index < -0.39 is 22.6 Å². The quantitative estimate of drug-likeness (QED) is 0.341. The number of hydrogen-bond donors (Lipinski definition) is 1. The molecule has 1 N–H and O–H groups in total. The maximum Gasteiger partial charge on any atom is 0.273 e. The molecule has 37 heavy (non-hydrogen) atoms. The van der Waals surface area contributed by atoms with E-state index in [2.05, 4.69) is 10.3 Å². The number of halogens is 2. The van der Waals surface area contributed by atoms with Crippen LogP contribution < -0.4 is 10.1 Å². The molecule has 1 aliphatic heterocycles. The van der Waals surface area contributed by atoms with Crippen LogP contribution in [0.25, 0.3) is 0 Å². The number of piperidine rings is 1. The second-order valence-electron chi connectivity index (χ2n) is 8.68. The molecular weight excluding hydrogens is 503 g/mol. The molecule has 0 saturated carbocycles. The maximum atomic E-state index is 14.4. The van der Waals surface area contributed by atoms with Crippen LogP contribution in [0.3, 0.4) is 0 Å². The molecule has 1 fully saturated rings. The summed E-state index contributed by atoms with van der Waals surface area (Å²) in [5, 5.41) is 14.3. The minimum atomic E-state index is -0.765. The van der Waals surface area contributed by atoms with Crippen LogP contribution in [-0.4, -0.2) is 46.8 Å². The molecule has 0 aliphatic carbocycles. The van der Waals surface area contributed by atoms with E-state index in [1.807, 2.05) is 12.1 Å². The number of hydrogen-bond acceptors (Lipinski definition) is 6. The zero-order chi connectivity index (χ0) is 26.7. The number of nitrogens with one attached hydrogen (secondary N) is 1. The summed E-state index contributed by atoms with van der Waals surface area (Å²) in [5.74, 6) is -1.38. The molecule has 0 unspecified atom stereocenters. The van der Waals surface area contributed by atoms with Gasteiger partial charge in [-0.3, -0.25) is 19.7 Å². The molecule has 4 rings (SSSR count). The fourth-order valence-electron chi connectivity index (χ4n) is 4.49. The number of benzene rings is 2. The summed E-state index contributed by atoms with van der Waals surface area (Å²) in [5.41, 5.74) is 1.34. The number of nitrogens with zero attached hydrogens (tertiary/aromatic N) is 3. The highest BCUT2D eigenvalue weighted by atomic mass is 35.5. The summed E-state index contributed by atoms with van der Waals surface area (Å²) in [6.45, 7) is 2.18. The van der Waals surface area contributed by atoms with Gasteiger partial charge in [0.15, 0.2) is 0 Å². The molecule has 11 heteroatoms. The maximum absolute atomic E-state index is 14.4. The lowest BCUT2D eigenvalue weighted by molar-refractivity contribution is -0.385. The van der Waals surface area contributed by atoms with E-state index in [0.717, 1.165) is 17.7 Å². The number of likely N-dealkylation sites (tertiary alicyclic amines) is 1. The average molecular weight is 527 g/mol. The van der Waals surface area contributed by atoms with Crippen LogP contribution >= 0.6 is 11.6 Å². The average Bonchev–Trinajstić information content (AvgIpc) is 2.89. The first kappa shape index (κ1) is 26.0. The monoisotopic (exact) mass is 526 g/mol. The van der Waals surface area contributed by atoms with Crippen molar-refractivity contribution in [1.29, 1.82) is 0 Å². The third kappa shape index (κ3) is 5.54. The van der Waals surface area contributed by atoms with Crippen LogP contribution in [0.5, 0.6) is 5.88 Å². The van der Waals surface area contributed by atoms with Gasteiger partial charge in [0.25, 0.3) is 17.5 Å². The van der Waals surface area contributed by atoms with Gasteiger partial charge in [-0.2, -0.15) is 0 Å². The zero-order valence-corrected chi connectivity index (χ0v) is 20.9. The lowest BCUT2D eigenvalue weighted by atomic mass is 9.89. The Bertz CT molecular complexity index is 1360. The van der Waals surface area contributed by atoms with E-state index in [1.54, 1.807) is 12.1 Å². The van der Waals surface area contributed by atoms with Gasteiger partial charge in [-0.15, -0.1) is 0 Å². The van der Waals surface area contributed by atoms with Gasteiger partial charge in [0, 0.05) is 36.6 Å². The van der Waals surface area contributed by atoms with Crippen molar-refractivity contribution < 1.29 is 23.6 Å². The molecule has 1 saturated heterocycles. The van der Waals surface area contributed by atoms with Crippen LogP contribution in [0.4, 0.5) is 15.8 Å². The van der Waals surface area contributed by atoms with Crippen molar-refractivity contribution in [2.75, 3.05) is 25.5 Å². The number of carbonyl (C=O) groups excluding carboxylic acids is 2. The Morgan fingerprint density at radius 3 is 2.49 bits per heavy atom. The highest BCUT2D eigenvalue weighted by Gasteiger charge is 2.29. The topological polar surface area (TPSA) is 115 Å². The van der Waals surface area contributed by atoms with Crippen molar-refractivity contribution in [1.82, 2.24) is 9.88 Å². The Kier molecular flexibility index (Phi) is 7.68. The van der Waals surface area contributed by atoms with Crippen LogP contribution in [0.15, 0.2) is 48.7 Å². The normalized spacial score (nSPS) is 13.8. The number of anilines is 1. The largest absolute Gasteiger partial charge is 0.480 e. The molecule has 0 spiro atoms. The molecule has 0 radical (unpaired) electrons. The third-order valence-corrected chi connectivity index (χ3v) is 6.68. The highest BCUT2D eigenvalue weighted by Crippen LogP contribution is 2.31. The lowest BCUT2D eigenvalue weighted by Gasteiger charge is -2.32. The van der Waals surface area contributed by atoms with Gasteiger partial charge in [-0.1, -0.05) is 23.7 Å². The first-order valence-corrected chi connectivity index (χ1v) is 11.9. The minimum absolute atomic E-state index is 0.0286. The van der Waals surface area contributed by atoms with E-state index in [0.29, 0.717) is 36.6 Å². The van der Waals surface area contributed by atoms with Gasteiger partial charge in [-0.25, -0.2) is 9.37 Å².